The van der Waals surface area contributed by atoms with E-state index in [1.165, 1.54) is 4.57 Å². The van der Waals surface area contributed by atoms with Gasteiger partial charge in [0.25, 0.3) is 5.56 Å². The quantitative estimate of drug-likeness (QED) is 0.349. The predicted molar refractivity (Wildman–Crippen MR) is 137 cm³/mol. The predicted octanol–water partition coefficient (Wildman–Crippen LogP) is 5.57. The van der Waals surface area contributed by atoms with E-state index >= 15 is 0 Å². The van der Waals surface area contributed by atoms with Crippen LogP contribution >= 0.6 is 0 Å². The molecule has 0 saturated carbocycles. The van der Waals surface area contributed by atoms with Gasteiger partial charge in [-0.2, -0.15) is 9.97 Å². The van der Waals surface area contributed by atoms with Crippen LogP contribution in [0, 0.1) is 0 Å². The maximum absolute atomic E-state index is 13.8. The molecule has 0 spiro atoms. The van der Waals surface area contributed by atoms with Crippen LogP contribution in [0.5, 0.6) is 0 Å². The molecule has 0 aliphatic rings. The largest absolute Gasteiger partial charge is 0.268 e. The average molecular weight is 454 g/mol. The molecule has 0 bridgehead atoms. The summed E-state index contributed by atoms with van der Waals surface area (Å²) >= 11 is 0. The van der Waals surface area contributed by atoms with Gasteiger partial charge >= 0.3 is 0 Å². The van der Waals surface area contributed by atoms with E-state index in [1.54, 1.807) is 6.07 Å². The van der Waals surface area contributed by atoms with Crippen LogP contribution in [0.3, 0.4) is 0 Å². The Bertz CT molecular complexity index is 1640. The summed E-state index contributed by atoms with van der Waals surface area (Å²) in [4.78, 5) is 32.9. The van der Waals surface area contributed by atoms with Gasteiger partial charge in [0.05, 0.1) is 10.9 Å². The molecule has 0 aliphatic carbocycles. The van der Waals surface area contributed by atoms with Crippen LogP contribution in [-0.4, -0.2) is 24.5 Å². The highest BCUT2D eigenvalue weighted by Gasteiger charge is 2.19. The van der Waals surface area contributed by atoms with Gasteiger partial charge in [0.1, 0.15) is 0 Å². The number of benzene rings is 4. The number of hydrogen-bond acceptors (Lipinski definition) is 5. The SMILES string of the molecule is O=c1c2ccccc2nc(-c2ccccc2)n1-c1nc(-c2ccccc2)nc(-c2ccccc2)n1. The second-order valence-electron chi connectivity index (χ2n) is 7.97. The van der Waals surface area contributed by atoms with Crippen LogP contribution < -0.4 is 5.56 Å². The molecule has 6 aromatic rings. The first kappa shape index (κ1) is 20.6. The molecule has 0 N–H and O–H groups in total. The molecule has 0 unspecified atom stereocenters. The molecule has 2 heterocycles. The number of para-hydroxylation sites is 1. The lowest BCUT2D eigenvalue weighted by atomic mass is 10.1. The number of rotatable bonds is 4. The lowest BCUT2D eigenvalue weighted by Crippen LogP contribution is -2.24. The van der Waals surface area contributed by atoms with Crippen molar-refractivity contribution in [3.05, 3.63) is 126 Å². The molecule has 35 heavy (non-hydrogen) atoms. The summed E-state index contributed by atoms with van der Waals surface area (Å²) in [6.45, 7) is 0. The lowest BCUT2D eigenvalue weighted by molar-refractivity contribution is 0.867. The van der Waals surface area contributed by atoms with Gasteiger partial charge in [-0.3, -0.25) is 4.79 Å². The lowest BCUT2D eigenvalue weighted by Gasteiger charge is -2.14. The van der Waals surface area contributed by atoms with Crippen molar-refractivity contribution in [2.45, 2.75) is 0 Å². The van der Waals surface area contributed by atoms with Crippen molar-refractivity contribution < 1.29 is 0 Å². The van der Waals surface area contributed by atoms with Crippen LogP contribution in [0.1, 0.15) is 0 Å². The molecule has 0 aliphatic heterocycles. The minimum Gasteiger partial charge on any atom is -0.268 e. The van der Waals surface area contributed by atoms with E-state index in [-0.39, 0.29) is 11.5 Å². The fourth-order valence-corrected chi connectivity index (χ4v) is 4.00. The van der Waals surface area contributed by atoms with E-state index < -0.39 is 0 Å². The van der Waals surface area contributed by atoms with Gasteiger partial charge in [-0.1, -0.05) is 103 Å². The van der Waals surface area contributed by atoms with Crippen molar-refractivity contribution in [2.75, 3.05) is 0 Å². The molecule has 6 rings (SSSR count). The maximum Gasteiger partial charge on any atom is 0.268 e. The first-order valence-electron chi connectivity index (χ1n) is 11.2. The van der Waals surface area contributed by atoms with Crippen molar-refractivity contribution >= 4 is 10.9 Å². The molecular weight excluding hydrogens is 434 g/mol. The molecule has 166 valence electrons. The highest BCUT2D eigenvalue weighted by Crippen LogP contribution is 2.24. The summed E-state index contributed by atoms with van der Waals surface area (Å²) in [6.07, 6.45) is 0. The Balaban J connectivity index is 1.69. The molecule has 0 saturated heterocycles. The van der Waals surface area contributed by atoms with E-state index in [4.69, 9.17) is 19.9 Å². The Kier molecular flexibility index (Phi) is 5.16. The smallest absolute Gasteiger partial charge is 0.268 e. The number of hydrogen-bond donors (Lipinski definition) is 0. The van der Waals surface area contributed by atoms with Crippen molar-refractivity contribution in [3.8, 4) is 40.1 Å². The summed E-state index contributed by atoms with van der Waals surface area (Å²) in [5.74, 6) is 1.65. The standard InChI is InChI=1S/C29H19N5O/c35-28-23-18-10-11-19-24(23)30-27(22-16-8-3-9-17-22)34(28)29-32-25(20-12-4-1-5-13-20)31-26(33-29)21-14-6-2-7-15-21/h1-19H. The zero-order valence-corrected chi connectivity index (χ0v) is 18.6. The van der Waals surface area contributed by atoms with Gasteiger partial charge in [0, 0.05) is 16.7 Å². The zero-order valence-electron chi connectivity index (χ0n) is 18.6. The molecule has 2 aromatic heterocycles. The van der Waals surface area contributed by atoms with Crippen LogP contribution in [0.25, 0.3) is 51.0 Å². The van der Waals surface area contributed by atoms with E-state index in [1.807, 2.05) is 109 Å². The minimum absolute atomic E-state index is 0.222. The Morgan fingerprint density at radius 2 is 0.971 bits per heavy atom. The highest BCUT2D eigenvalue weighted by molar-refractivity contribution is 5.80. The molecule has 4 aromatic carbocycles. The number of aromatic nitrogens is 5. The third-order valence-corrected chi connectivity index (χ3v) is 5.70. The third kappa shape index (κ3) is 3.87. The summed E-state index contributed by atoms with van der Waals surface area (Å²) in [5.41, 5.74) is 2.83. The van der Waals surface area contributed by atoms with Crippen molar-refractivity contribution in [1.82, 2.24) is 24.5 Å². The second kappa shape index (κ2) is 8.76. The van der Waals surface area contributed by atoms with Crippen LogP contribution in [0.4, 0.5) is 0 Å². The van der Waals surface area contributed by atoms with Crippen LogP contribution in [0.2, 0.25) is 0 Å². The molecular formula is C29H19N5O. The highest BCUT2D eigenvalue weighted by atomic mass is 16.1. The Morgan fingerprint density at radius 1 is 0.486 bits per heavy atom. The normalized spacial score (nSPS) is 11.0. The van der Waals surface area contributed by atoms with Gasteiger partial charge < -0.3 is 0 Å². The van der Waals surface area contributed by atoms with Crippen molar-refractivity contribution in [2.24, 2.45) is 0 Å². The monoisotopic (exact) mass is 453 g/mol. The van der Waals surface area contributed by atoms with Gasteiger partial charge in [0.2, 0.25) is 5.95 Å². The van der Waals surface area contributed by atoms with Crippen LogP contribution in [-0.2, 0) is 0 Å². The fourth-order valence-electron chi connectivity index (χ4n) is 4.00. The Hall–Kier alpha value is -4.97. The van der Waals surface area contributed by atoms with E-state index in [9.17, 15) is 4.79 Å². The molecule has 6 nitrogen and oxygen atoms in total. The third-order valence-electron chi connectivity index (χ3n) is 5.70. The van der Waals surface area contributed by atoms with E-state index in [2.05, 4.69) is 0 Å². The van der Waals surface area contributed by atoms with Gasteiger partial charge in [0.15, 0.2) is 17.5 Å². The average Bonchev–Trinajstić information content (AvgIpc) is 2.94. The first-order chi connectivity index (χ1) is 17.3. The molecule has 0 radical (unpaired) electrons. The maximum atomic E-state index is 13.8. The van der Waals surface area contributed by atoms with Crippen LogP contribution in [0.15, 0.2) is 120 Å². The van der Waals surface area contributed by atoms with E-state index in [0.29, 0.717) is 28.4 Å². The van der Waals surface area contributed by atoms with Gasteiger partial charge in [-0.15, -0.1) is 0 Å². The summed E-state index contributed by atoms with van der Waals surface area (Å²) < 4.78 is 1.48. The summed E-state index contributed by atoms with van der Waals surface area (Å²) in [5, 5.41) is 0.495. The van der Waals surface area contributed by atoms with Crippen molar-refractivity contribution in [3.63, 3.8) is 0 Å². The molecule has 0 amide bonds. The second-order valence-corrected chi connectivity index (χ2v) is 7.97. The molecule has 0 fully saturated rings. The number of fused-ring (bicyclic) bond motifs is 1. The summed E-state index contributed by atoms with van der Waals surface area (Å²) in [6, 6.07) is 36.3. The first-order valence-corrected chi connectivity index (χ1v) is 11.2. The summed E-state index contributed by atoms with van der Waals surface area (Å²) in [7, 11) is 0. The Morgan fingerprint density at radius 3 is 1.54 bits per heavy atom. The zero-order chi connectivity index (χ0) is 23.6. The Labute approximate surface area is 201 Å². The number of nitrogens with zero attached hydrogens (tertiary/aromatic N) is 5. The fraction of sp³-hybridized carbons (Fsp3) is 0. The van der Waals surface area contributed by atoms with Gasteiger partial charge in [-0.05, 0) is 12.1 Å². The van der Waals surface area contributed by atoms with E-state index in [0.717, 1.165) is 16.7 Å². The minimum atomic E-state index is -0.237. The van der Waals surface area contributed by atoms with Crippen molar-refractivity contribution in [1.29, 1.82) is 0 Å². The topological polar surface area (TPSA) is 73.6 Å². The molecule has 0 atom stereocenters. The van der Waals surface area contributed by atoms with Gasteiger partial charge in [-0.25, -0.2) is 14.5 Å². The molecule has 6 heteroatoms.